The second-order valence-corrected chi connectivity index (χ2v) is 15.8. The van der Waals surface area contributed by atoms with Gasteiger partial charge in [-0.2, -0.15) is 4.39 Å². The van der Waals surface area contributed by atoms with Crippen LogP contribution in [0.25, 0.3) is 0 Å². The first-order chi connectivity index (χ1) is 21.2. The number of aromatic amines is 1. The number of halogens is 1. The van der Waals surface area contributed by atoms with Crippen molar-refractivity contribution in [2.45, 2.75) is 83.1 Å². The number of ether oxygens (including phenoxy) is 4. The number of esters is 1. The molecule has 234 valence electrons. The summed E-state index contributed by atoms with van der Waals surface area (Å²) in [6.45, 7) is 7.82. The summed E-state index contributed by atoms with van der Waals surface area (Å²) in [7, 11) is -2.07. The molecular weight excluding hydrogens is 583 g/mol. The van der Waals surface area contributed by atoms with Crippen molar-refractivity contribution < 1.29 is 28.1 Å². The number of H-pyrrole nitrogens is 1. The normalized spacial score (nSPS) is 21.4. The van der Waals surface area contributed by atoms with E-state index in [2.05, 4.69) is 32.2 Å². The molecule has 1 aromatic heterocycles. The van der Waals surface area contributed by atoms with Crippen LogP contribution in [0, 0.1) is 17.3 Å². The van der Waals surface area contributed by atoms with E-state index >= 15 is 0 Å². The molecule has 9 nitrogen and oxygen atoms in total. The average molecular weight is 623 g/mol. The summed E-state index contributed by atoms with van der Waals surface area (Å²) in [5.74, 6) is 1.51. The Kier molecular flexibility index (Phi) is 11.1. The second kappa shape index (κ2) is 14.8. The minimum absolute atomic E-state index is 0.105. The molecule has 4 atom stereocenters. The van der Waals surface area contributed by atoms with Crippen LogP contribution in [0.15, 0.2) is 76.4 Å². The molecule has 0 unspecified atom stereocenters. The first kappa shape index (κ1) is 33.1. The first-order valence-corrected chi connectivity index (χ1v) is 17.5. The third kappa shape index (κ3) is 7.63. The third-order valence-corrected chi connectivity index (χ3v) is 12.9. The lowest BCUT2D eigenvalue weighted by molar-refractivity contribution is -0.158. The molecule has 1 fully saturated rings. The average Bonchev–Trinajstić information content (AvgIpc) is 3.31. The minimum Gasteiger partial charge on any atom is -0.455 e. The van der Waals surface area contributed by atoms with E-state index in [1.807, 2.05) is 65.6 Å². The molecule has 4 rings (SSSR count). The standard InChI is InChI=1S/C33H39FN2O7Si/c1-5-44(6-2,7-3)19-18-33(23-40-21-25-14-10-8-11-15-25)29(41-22-26-16-12-9-13-17-26)28(42-24(4)37)31(43-33)36-20-27(34)30(38)35-32(36)39/h8-17,20,28-29,31H,5-7,21-23H2,1-4H3,(H,35,38,39)/t28-,29+,31-,33-/m1/s1. The van der Waals surface area contributed by atoms with E-state index < -0.39 is 55.1 Å². The molecule has 0 aliphatic carbocycles. The number of carbonyl (C=O) groups excluding carboxylic acids is 1. The zero-order valence-electron chi connectivity index (χ0n) is 25.5. The van der Waals surface area contributed by atoms with Crippen LogP contribution in [-0.2, 0) is 37.0 Å². The summed E-state index contributed by atoms with van der Waals surface area (Å²) in [6, 6.07) is 21.7. The van der Waals surface area contributed by atoms with Gasteiger partial charge in [0.25, 0.3) is 5.56 Å². The Balaban J connectivity index is 1.87. The molecule has 0 bridgehead atoms. The van der Waals surface area contributed by atoms with E-state index in [9.17, 15) is 18.8 Å². The van der Waals surface area contributed by atoms with Crippen LogP contribution in [-0.4, -0.2) is 48.0 Å². The van der Waals surface area contributed by atoms with Crippen LogP contribution in [0.2, 0.25) is 18.1 Å². The molecule has 1 saturated heterocycles. The number of rotatable bonds is 12. The zero-order chi connectivity index (χ0) is 31.7. The van der Waals surface area contributed by atoms with Gasteiger partial charge in [0.05, 0.1) is 26.0 Å². The SMILES string of the molecule is CC[Si](C#C[C@]1(COCc2ccccc2)O[C@@H](n2cc(F)c(=O)[nH]c2=O)[C@H](OC(C)=O)[C@@H]1OCc1ccccc1)(CC)CC. The molecule has 0 radical (unpaired) electrons. The van der Waals surface area contributed by atoms with Crippen LogP contribution in [0.4, 0.5) is 4.39 Å². The molecule has 2 aromatic carbocycles. The van der Waals surface area contributed by atoms with Crippen LogP contribution < -0.4 is 11.2 Å². The number of nitrogens with one attached hydrogen (secondary N) is 1. The summed E-state index contributed by atoms with van der Waals surface area (Å²) in [6.07, 6.45) is -2.93. The fourth-order valence-electron chi connectivity index (χ4n) is 5.33. The molecule has 0 spiro atoms. The maximum atomic E-state index is 14.5. The molecule has 2 heterocycles. The number of hydrogen-bond acceptors (Lipinski definition) is 7. The van der Waals surface area contributed by atoms with Gasteiger partial charge in [0, 0.05) is 6.92 Å². The van der Waals surface area contributed by atoms with Crippen LogP contribution in [0.3, 0.4) is 0 Å². The molecular formula is C33H39FN2O7Si. The molecule has 0 saturated carbocycles. The summed E-state index contributed by atoms with van der Waals surface area (Å²) >= 11 is 0. The Bertz CT molecular complexity index is 1570. The van der Waals surface area contributed by atoms with Gasteiger partial charge in [-0.15, -0.1) is 5.54 Å². The van der Waals surface area contributed by atoms with Gasteiger partial charge in [0.1, 0.15) is 14.2 Å². The van der Waals surface area contributed by atoms with Crippen molar-refractivity contribution in [3.63, 3.8) is 0 Å². The molecule has 1 N–H and O–H groups in total. The molecule has 1 aliphatic rings. The van der Waals surface area contributed by atoms with E-state index in [0.717, 1.165) is 40.0 Å². The number of benzene rings is 2. The fraction of sp³-hybridized carbons (Fsp3) is 0.424. The van der Waals surface area contributed by atoms with E-state index in [-0.39, 0.29) is 19.8 Å². The molecule has 0 amide bonds. The van der Waals surface area contributed by atoms with E-state index in [4.69, 9.17) is 18.9 Å². The maximum Gasteiger partial charge on any atom is 0.330 e. The van der Waals surface area contributed by atoms with Gasteiger partial charge in [-0.3, -0.25) is 19.1 Å². The molecule has 1 aliphatic heterocycles. The number of hydrogen-bond donors (Lipinski definition) is 1. The van der Waals surface area contributed by atoms with Crippen molar-refractivity contribution in [3.8, 4) is 11.5 Å². The van der Waals surface area contributed by atoms with Gasteiger partial charge >= 0.3 is 11.7 Å². The monoisotopic (exact) mass is 622 g/mol. The minimum atomic E-state index is -2.07. The van der Waals surface area contributed by atoms with Crippen molar-refractivity contribution in [2.24, 2.45) is 0 Å². The van der Waals surface area contributed by atoms with Crippen molar-refractivity contribution >= 4 is 14.0 Å². The Hall–Kier alpha value is -3.82. The fourth-order valence-corrected chi connectivity index (χ4v) is 7.84. The quantitative estimate of drug-likeness (QED) is 0.177. The Morgan fingerprint density at radius 1 is 1.00 bits per heavy atom. The summed E-state index contributed by atoms with van der Waals surface area (Å²) < 4.78 is 40.5. The summed E-state index contributed by atoms with van der Waals surface area (Å²) in [4.78, 5) is 39.3. The van der Waals surface area contributed by atoms with E-state index in [1.165, 1.54) is 6.92 Å². The Morgan fingerprint density at radius 2 is 1.59 bits per heavy atom. The number of carbonyl (C=O) groups is 1. The Labute approximate surface area is 257 Å². The largest absolute Gasteiger partial charge is 0.455 e. The van der Waals surface area contributed by atoms with Gasteiger partial charge in [-0.05, 0) is 29.3 Å². The van der Waals surface area contributed by atoms with Gasteiger partial charge in [-0.25, -0.2) is 4.79 Å². The van der Waals surface area contributed by atoms with Crippen LogP contribution in [0.5, 0.6) is 0 Å². The van der Waals surface area contributed by atoms with Crippen molar-refractivity contribution in [1.29, 1.82) is 0 Å². The predicted molar refractivity (Wildman–Crippen MR) is 166 cm³/mol. The van der Waals surface area contributed by atoms with Gasteiger partial charge in [0.15, 0.2) is 17.9 Å². The van der Waals surface area contributed by atoms with Gasteiger partial charge in [-0.1, -0.05) is 87.4 Å². The second-order valence-electron chi connectivity index (χ2n) is 10.9. The van der Waals surface area contributed by atoms with Crippen molar-refractivity contribution in [1.82, 2.24) is 9.55 Å². The topological polar surface area (TPSA) is 109 Å². The van der Waals surface area contributed by atoms with E-state index in [0.29, 0.717) is 0 Å². The molecule has 3 aromatic rings. The lowest BCUT2D eigenvalue weighted by Gasteiger charge is -2.31. The Morgan fingerprint density at radius 3 is 2.16 bits per heavy atom. The highest BCUT2D eigenvalue weighted by molar-refractivity contribution is 6.87. The number of aromatic nitrogens is 2. The maximum absolute atomic E-state index is 14.5. The highest BCUT2D eigenvalue weighted by atomic mass is 28.3. The number of nitrogens with zero attached hydrogens (tertiary/aromatic N) is 1. The van der Waals surface area contributed by atoms with Crippen molar-refractivity contribution in [3.05, 3.63) is 105 Å². The van der Waals surface area contributed by atoms with Crippen LogP contribution >= 0.6 is 0 Å². The summed E-state index contributed by atoms with van der Waals surface area (Å²) in [5, 5.41) is 0. The van der Waals surface area contributed by atoms with Gasteiger partial charge < -0.3 is 18.9 Å². The first-order valence-electron chi connectivity index (χ1n) is 14.8. The highest BCUT2D eigenvalue weighted by Crippen LogP contribution is 2.41. The van der Waals surface area contributed by atoms with Gasteiger partial charge in [0.2, 0.25) is 5.82 Å². The van der Waals surface area contributed by atoms with Crippen LogP contribution in [0.1, 0.15) is 45.0 Å². The lowest BCUT2D eigenvalue weighted by atomic mass is 9.96. The highest BCUT2D eigenvalue weighted by Gasteiger charge is 2.59. The lowest BCUT2D eigenvalue weighted by Crippen LogP contribution is -2.49. The summed E-state index contributed by atoms with van der Waals surface area (Å²) in [5.41, 5.74) is 1.69. The predicted octanol–water partition coefficient (Wildman–Crippen LogP) is 4.73. The van der Waals surface area contributed by atoms with Crippen molar-refractivity contribution in [2.75, 3.05) is 6.61 Å². The zero-order valence-corrected chi connectivity index (χ0v) is 26.5. The molecule has 11 heteroatoms. The third-order valence-electron chi connectivity index (χ3n) is 8.14. The smallest absolute Gasteiger partial charge is 0.330 e. The molecule has 44 heavy (non-hydrogen) atoms. The van der Waals surface area contributed by atoms with E-state index in [1.54, 1.807) is 0 Å².